The third-order valence-corrected chi connectivity index (χ3v) is 9.33. The van der Waals surface area contributed by atoms with Gasteiger partial charge in [-0.15, -0.1) is 22.6 Å². The minimum Gasteiger partial charge on any atom is -0.484 e. The van der Waals surface area contributed by atoms with Crippen molar-refractivity contribution in [1.29, 1.82) is 0 Å². The van der Waals surface area contributed by atoms with Crippen molar-refractivity contribution in [2.45, 2.75) is 89.9 Å². The molecule has 0 spiro atoms. The van der Waals surface area contributed by atoms with Gasteiger partial charge in [-0.3, -0.25) is 19.3 Å². The van der Waals surface area contributed by atoms with Crippen molar-refractivity contribution in [3.63, 3.8) is 0 Å². The van der Waals surface area contributed by atoms with Crippen molar-refractivity contribution in [1.82, 2.24) is 44.4 Å². The molecule has 5 aromatic rings. The van der Waals surface area contributed by atoms with Crippen LogP contribution in [0.2, 0.25) is 0 Å². The first-order valence-electron chi connectivity index (χ1n) is 16.6. The van der Waals surface area contributed by atoms with Crippen LogP contribution in [0, 0.1) is 0 Å². The molecule has 254 valence electrons. The van der Waals surface area contributed by atoms with Gasteiger partial charge < -0.3 is 10.1 Å². The van der Waals surface area contributed by atoms with Gasteiger partial charge in [-0.1, -0.05) is 45.0 Å². The van der Waals surface area contributed by atoms with Gasteiger partial charge in [-0.25, -0.2) is 9.48 Å². The molecule has 7 rings (SSSR count). The maximum atomic E-state index is 13.5. The zero-order valence-corrected chi connectivity index (χ0v) is 29.2. The molecule has 1 saturated heterocycles. The van der Waals surface area contributed by atoms with Crippen LogP contribution in [0.25, 0.3) is 11.3 Å². The average Bonchev–Trinajstić information content (AvgIpc) is 3.84. The number of anilines is 1. The number of carbonyl (C=O) groups is 1. The molecule has 2 aliphatic rings. The molecule has 1 aromatic carbocycles. The highest BCUT2D eigenvalue weighted by Crippen LogP contribution is 2.39. The van der Waals surface area contributed by atoms with Gasteiger partial charge in [0.2, 0.25) is 0 Å². The first kappa shape index (κ1) is 33.5. The molecule has 1 aliphatic heterocycles. The van der Waals surface area contributed by atoms with E-state index in [1.165, 1.54) is 0 Å². The number of hydrogen-bond donors (Lipinski definition) is 2. The first-order chi connectivity index (χ1) is 22.5. The Labute approximate surface area is 287 Å². The molecule has 5 heterocycles. The van der Waals surface area contributed by atoms with E-state index in [0.717, 1.165) is 72.0 Å². The minimum absolute atomic E-state index is 0. The molecule has 2 N–H and O–H groups in total. The lowest BCUT2D eigenvalue weighted by atomic mass is 9.85. The Morgan fingerprint density at radius 2 is 1.81 bits per heavy atom. The van der Waals surface area contributed by atoms with Gasteiger partial charge in [0.05, 0.1) is 36.4 Å². The second-order valence-electron chi connectivity index (χ2n) is 14.1. The Hall–Kier alpha value is -4.42. The number of rotatable bonds is 7. The number of nitrogens with zero attached hydrogens (tertiary/aromatic N) is 8. The normalized spacial score (nSPS) is 19.7. The Bertz CT molecular complexity index is 1900. The van der Waals surface area contributed by atoms with E-state index in [4.69, 9.17) is 9.84 Å². The zero-order valence-electron chi connectivity index (χ0n) is 28.4. The number of aromatic nitrogens is 7. The molecular weight excluding hydrogens is 628 g/mol. The molecule has 2 amide bonds. The van der Waals surface area contributed by atoms with Gasteiger partial charge in [-0.2, -0.15) is 10.2 Å². The van der Waals surface area contributed by atoms with Crippen LogP contribution in [0.3, 0.4) is 0 Å². The van der Waals surface area contributed by atoms with Gasteiger partial charge >= 0.3 is 6.03 Å². The second kappa shape index (κ2) is 13.2. The molecule has 1 aliphatic carbocycles. The van der Waals surface area contributed by atoms with Crippen LogP contribution in [0.15, 0.2) is 61.1 Å². The van der Waals surface area contributed by atoms with Crippen LogP contribution in [-0.4, -0.2) is 57.7 Å². The van der Waals surface area contributed by atoms with Crippen LogP contribution in [0.1, 0.15) is 101 Å². The summed E-state index contributed by atoms with van der Waals surface area (Å²) in [6.45, 7) is 11.9. The van der Waals surface area contributed by atoms with E-state index in [9.17, 15) is 4.79 Å². The number of fused-ring (bicyclic) bond motifs is 2. The monoisotopic (exact) mass is 672 g/mol. The smallest absolute Gasteiger partial charge is 0.320 e. The SMILES string of the molecule is CC(C)N1CCC[C@H]1c1nnc2ccc(O[C@@H]3CC[C@H](NC(=O)Nc4cc(C(C)(C)C)nn4-c4cnn(C)c4)c4ccccc43)cn12.Cl. The van der Waals surface area contributed by atoms with Gasteiger partial charge in [0.15, 0.2) is 11.5 Å². The number of hydrogen-bond acceptors (Lipinski definition) is 7. The fourth-order valence-electron chi connectivity index (χ4n) is 6.92. The number of aryl methyl sites for hydroxylation is 1. The van der Waals surface area contributed by atoms with Gasteiger partial charge in [-0.05, 0) is 69.3 Å². The summed E-state index contributed by atoms with van der Waals surface area (Å²) in [6, 6.07) is 14.3. The fraction of sp³-hybridized carbons (Fsp3) is 0.457. The molecule has 0 radical (unpaired) electrons. The van der Waals surface area contributed by atoms with Crippen LogP contribution in [0.4, 0.5) is 10.6 Å². The largest absolute Gasteiger partial charge is 0.484 e. The molecular formula is C35H45ClN10O2. The number of pyridine rings is 1. The van der Waals surface area contributed by atoms with E-state index in [0.29, 0.717) is 11.9 Å². The molecule has 48 heavy (non-hydrogen) atoms. The van der Waals surface area contributed by atoms with Crippen molar-refractivity contribution < 1.29 is 9.53 Å². The lowest BCUT2D eigenvalue weighted by Gasteiger charge is -2.32. The van der Waals surface area contributed by atoms with Crippen molar-refractivity contribution in [3.8, 4) is 11.4 Å². The molecule has 0 unspecified atom stereocenters. The quantitative estimate of drug-likeness (QED) is 0.198. The summed E-state index contributed by atoms with van der Waals surface area (Å²) < 4.78 is 12.2. The summed E-state index contributed by atoms with van der Waals surface area (Å²) in [6.07, 6.45) is 9.20. The Kier molecular flexibility index (Phi) is 9.23. The summed E-state index contributed by atoms with van der Waals surface area (Å²) in [4.78, 5) is 16.0. The number of carbonyl (C=O) groups excluding carboxylic acids is 1. The van der Waals surface area contributed by atoms with Gasteiger partial charge in [0.1, 0.15) is 23.4 Å². The molecule has 4 aromatic heterocycles. The predicted octanol–water partition coefficient (Wildman–Crippen LogP) is 6.69. The van der Waals surface area contributed by atoms with Crippen LogP contribution >= 0.6 is 12.4 Å². The third kappa shape index (κ3) is 6.51. The topological polar surface area (TPSA) is 119 Å². The predicted molar refractivity (Wildman–Crippen MR) is 187 cm³/mol. The maximum absolute atomic E-state index is 13.5. The highest BCUT2D eigenvalue weighted by molar-refractivity contribution is 5.89. The Morgan fingerprint density at radius 1 is 1.02 bits per heavy atom. The van der Waals surface area contributed by atoms with E-state index >= 15 is 0 Å². The second-order valence-corrected chi connectivity index (χ2v) is 14.1. The molecule has 12 nitrogen and oxygen atoms in total. The summed E-state index contributed by atoms with van der Waals surface area (Å²) in [5.74, 6) is 2.33. The molecule has 0 saturated carbocycles. The number of benzene rings is 1. The van der Waals surface area contributed by atoms with Crippen LogP contribution in [-0.2, 0) is 12.5 Å². The molecule has 3 atom stereocenters. The lowest BCUT2D eigenvalue weighted by Crippen LogP contribution is -2.36. The van der Waals surface area contributed by atoms with E-state index in [-0.39, 0.29) is 42.0 Å². The van der Waals surface area contributed by atoms with Crippen LogP contribution in [0.5, 0.6) is 5.75 Å². The zero-order chi connectivity index (χ0) is 32.9. The van der Waals surface area contributed by atoms with E-state index in [1.807, 2.05) is 49.8 Å². The number of ether oxygens (including phenoxy) is 1. The summed E-state index contributed by atoms with van der Waals surface area (Å²) in [5.41, 5.74) is 4.41. The van der Waals surface area contributed by atoms with Crippen molar-refractivity contribution in [2.24, 2.45) is 7.05 Å². The van der Waals surface area contributed by atoms with Crippen LogP contribution < -0.4 is 15.4 Å². The summed E-state index contributed by atoms with van der Waals surface area (Å²) in [5, 5.41) is 24.4. The fourth-order valence-corrected chi connectivity index (χ4v) is 6.92. The number of nitrogens with one attached hydrogen (secondary N) is 2. The summed E-state index contributed by atoms with van der Waals surface area (Å²) in [7, 11) is 1.86. The summed E-state index contributed by atoms with van der Waals surface area (Å²) >= 11 is 0. The molecule has 0 bridgehead atoms. The maximum Gasteiger partial charge on any atom is 0.320 e. The van der Waals surface area contributed by atoms with Gasteiger partial charge in [0, 0.05) is 24.6 Å². The molecule has 1 fully saturated rings. The Balaban J connectivity index is 0.00000401. The number of likely N-dealkylation sites (tertiary alicyclic amines) is 1. The van der Waals surface area contributed by atoms with E-state index in [2.05, 4.69) is 82.0 Å². The lowest BCUT2D eigenvalue weighted by molar-refractivity contribution is 0.171. The molecule has 13 heteroatoms. The van der Waals surface area contributed by atoms with Crippen molar-refractivity contribution in [2.75, 3.05) is 11.9 Å². The minimum atomic E-state index is -0.289. The van der Waals surface area contributed by atoms with Gasteiger partial charge in [0.25, 0.3) is 0 Å². The van der Waals surface area contributed by atoms with E-state index in [1.54, 1.807) is 15.6 Å². The van der Waals surface area contributed by atoms with E-state index < -0.39 is 0 Å². The average molecular weight is 673 g/mol. The number of amides is 2. The third-order valence-electron chi connectivity index (χ3n) is 9.33. The van der Waals surface area contributed by atoms with Crippen molar-refractivity contribution in [3.05, 3.63) is 83.7 Å². The Morgan fingerprint density at radius 3 is 2.54 bits per heavy atom. The van der Waals surface area contributed by atoms with Crippen molar-refractivity contribution >= 4 is 29.9 Å². The number of urea groups is 1. The highest BCUT2D eigenvalue weighted by atomic mass is 35.5. The highest BCUT2D eigenvalue weighted by Gasteiger charge is 2.33. The standard InChI is InChI=1S/C35H44N10O2.ClH/c1-22(2)43-17-9-12-28(43)33-40-39-31-16-13-24(21-44(31)33)47-29-15-14-27(25-10-7-8-11-26(25)29)37-34(46)38-32-18-30(35(3,4)5)41-45(32)23-19-36-42(6)20-23;/h7-8,10-11,13,16,18-22,27-29H,9,12,14-15,17H2,1-6H3,(H2,37,38,46);1H/t27-,28-,29+;/m0./s1. The first-order valence-corrected chi connectivity index (χ1v) is 16.6. The number of halogens is 1.